The van der Waals surface area contributed by atoms with Crippen LogP contribution in [0.4, 0.5) is 5.69 Å². The minimum Gasteiger partial charge on any atom is -0.363 e. The first kappa shape index (κ1) is 30.5. The van der Waals surface area contributed by atoms with Gasteiger partial charge in [-0.1, -0.05) is 81.8 Å². The molecular weight excluding hydrogens is 520 g/mol. The third kappa shape index (κ3) is 5.23. The van der Waals surface area contributed by atoms with Gasteiger partial charge in [0.15, 0.2) is 0 Å². The van der Waals surface area contributed by atoms with Crippen molar-refractivity contribution in [3.05, 3.63) is 77.9 Å². The number of allylic oxidation sites excluding steroid dienone is 1. The molecule has 4 atom stereocenters. The number of para-hydroxylation sites is 1. The third-order valence-corrected chi connectivity index (χ3v) is 11.1. The van der Waals surface area contributed by atoms with E-state index in [1.807, 2.05) is 74.5 Å². The molecule has 2 amide bonds. The number of fused-ring (bicyclic) bond motifs is 2. The van der Waals surface area contributed by atoms with Crippen LogP contribution in [0.15, 0.2) is 72.3 Å². The number of nitrogens with one attached hydrogen (secondary N) is 1. The lowest BCUT2D eigenvalue weighted by molar-refractivity contribution is -0.190. The van der Waals surface area contributed by atoms with E-state index in [0.717, 1.165) is 31.2 Å². The van der Waals surface area contributed by atoms with Crippen molar-refractivity contribution in [3.63, 3.8) is 0 Å². The number of anilines is 1. The molecule has 42 heavy (non-hydrogen) atoms. The van der Waals surface area contributed by atoms with Crippen LogP contribution in [0, 0.1) is 16.7 Å². The fourth-order valence-electron chi connectivity index (χ4n) is 8.71. The van der Waals surface area contributed by atoms with Crippen LogP contribution in [0.1, 0.15) is 99.0 Å². The van der Waals surface area contributed by atoms with E-state index in [2.05, 4.69) is 46.0 Å². The summed E-state index contributed by atoms with van der Waals surface area (Å²) in [5.41, 5.74) is 1.27. The van der Waals surface area contributed by atoms with Gasteiger partial charge in [-0.3, -0.25) is 14.5 Å². The van der Waals surface area contributed by atoms with Gasteiger partial charge in [-0.2, -0.15) is 0 Å². The van der Waals surface area contributed by atoms with Gasteiger partial charge in [0, 0.05) is 17.6 Å². The van der Waals surface area contributed by atoms with Crippen molar-refractivity contribution >= 4 is 17.5 Å². The first-order valence-electron chi connectivity index (χ1n) is 15.8. The fourth-order valence-corrected chi connectivity index (χ4v) is 8.71. The average molecular weight is 571 g/mol. The molecule has 2 aromatic rings. The lowest BCUT2D eigenvalue weighted by Gasteiger charge is -2.61. The predicted octanol–water partition coefficient (Wildman–Crippen LogP) is 8.00. The number of carbonyl (C=O) groups is 2. The monoisotopic (exact) mass is 570 g/mol. The van der Waals surface area contributed by atoms with Crippen LogP contribution < -0.4 is 10.2 Å². The van der Waals surface area contributed by atoms with Crippen molar-refractivity contribution in [3.8, 4) is 0 Å². The second-order valence-electron chi connectivity index (χ2n) is 14.8. The highest BCUT2D eigenvalue weighted by atomic mass is 16.5. The maximum atomic E-state index is 14.4. The predicted molar refractivity (Wildman–Crippen MR) is 170 cm³/mol. The number of ether oxygens (including phenoxy) is 1. The molecule has 1 heterocycles. The summed E-state index contributed by atoms with van der Waals surface area (Å²) in [6, 6.07) is 19.4. The van der Waals surface area contributed by atoms with E-state index in [0.29, 0.717) is 18.2 Å². The largest absolute Gasteiger partial charge is 0.363 e. The molecule has 2 fully saturated rings. The van der Waals surface area contributed by atoms with Crippen molar-refractivity contribution < 1.29 is 14.3 Å². The minimum absolute atomic E-state index is 0.0318. The second kappa shape index (κ2) is 11.0. The molecule has 1 spiro atoms. The Morgan fingerprint density at radius 3 is 2.24 bits per heavy atom. The quantitative estimate of drug-likeness (QED) is 0.343. The van der Waals surface area contributed by atoms with Gasteiger partial charge in [0.25, 0.3) is 0 Å². The fraction of sp³-hybridized carbons (Fsp3) is 0.568. The van der Waals surface area contributed by atoms with Crippen LogP contribution in [0.3, 0.4) is 0 Å². The molecule has 0 aromatic heterocycles. The number of amides is 2. The second-order valence-corrected chi connectivity index (χ2v) is 14.8. The molecule has 1 saturated heterocycles. The van der Waals surface area contributed by atoms with Gasteiger partial charge < -0.3 is 10.1 Å². The maximum Gasteiger partial charge on any atom is 0.246 e. The van der Waals surface area contributed by atoms with E-state index >= 15 is 0 Å². The van der Waals surface area contributed by atoms with Crippen LogP contribution in [-0.4, -0.2) is 28.6 Å². The number of carbonyl (C=O) groups excluding carboxylic acids is 2. The Morgan fingerprint density at radius 2 is 1.57 bits per heavy atom. The number of benzene rings is 2. The van der Waals surface area contributed by atoms with E-state index in [4.69, 9.17) is 4.74 Å². The van der Waals surface area contributed by atoms with Crippen molar-refractivity contribution in [1.29, 1.82) is 0 Å². The normalized spacial score (nSPS) is 30.4. The highest BCUT2D eigenvalue weighted by Gasteiger charge is 2.64. The number of hydrogen-bond acceptors (Lipinski definition) is 3. The summed E-state index contributed by atoms with van der Waals surface area (Å²) in [6.07, 6.45) is 9.09. The van der Waals surface area contributed by atoms with Gasteiger partial charge in [0.1, 0.15) is 5.54 Å². The molecule has 226 valence electrons. The van der Waals surface area contributed by atoms with E-state index in [-0.39, 0.29) is 34.7 Å². The molecule has 5 heteroatoms. The SMILES string of the molecule is CC1=CC[C@H]2C(C)(C)CCC[C@]2(C)[C@@]12CC[C@@](C)(CC(=O)N(c1ccccc1)C(C)(C)C(=O)NCc1ccccc1)O2. The molecule has 2 aliphatic carbocycles. The van der Waals surface area contributed by atoms with Crippen LogP contribution >= 0.6 is 0 Å². The summed E-state index contributed by atoms with van der Waals surface area (Å²) in [5.74, 6) is 0.265. The smallest absolute Gasteiger partial charge is 0.246 e. The van der Waals surface area contributed by atoms with Gasteiger partial charge in [0.2, 0.25) is 11.8 Å². The zero-order valence-electron chi connectivity index (χ0n) is 26.8. The summed E-state index contributed by atoms with van der Waals surface area (Å²) in [7, 11) is 0. The number of nitrogens with zero attached hydrogens (tertiary/aromatic N) is 1. The standard InChI is InChI=1S/C37H50N2O3/c1-27-19-20-30-33(2,3)21-14-22-36(30,7)37(27)24-23-35(6,42-37)25-31(40)39(29-17-12-9-13-18-29)34(4,5)32(41)38-26-28-15-10-8-11-16-28/h8-13,15-19,30H,14,20-26H2,1-7H3,(H,38,41)/t30-,35-,36-,37+/m0/s1. The maximum absolute atomic E-state index is 14.4. The van der Waals surface area contributed by atoms with Crippen LogP contribution in [-0.2, 0) is 20.9 Å². The van der Waals surface area contributed by atoms with Crippen LogP contribution in [0.25, 0.3) is 0 Å². The molecule has 1 saturated carbocycles. The summed E-state index contributed by atoms with van der Waals surface area (Å²) in [6.45, 7) is 15.7. The molecule has 3 aliphatic rings. The number of rotatable bonds is 7. The van der Waals surface area contributed by atoms with Crippen LogP contribution in [0.5, 0.6) is 0 Å². The van der Waals surface area contributed by atoms with Crippen LogP contribution in [0.2, 0.25) is 0 Å². The van der Waals surface area contributed by atoms with Crippen molar-refractivity contribution in [2.45, 2.75) is 117 Å². The highest BCUT2D eigenvalue weighted by molar-refractivity contribution is 6.03. The molecule has 1 aliphatic heterocycles. The zero-order valence-corrected chi connectivity index (χ0v) is 26.8. The lowest BCUT2D eigenvalue weighted by atomic mass is 9.46. The Labute approximate surface area is 253 Å². The molecule has 5 nitrogen and oxygen atoms in total. The Hall–Kier alpha value is -2.92. The molecule has 5 rings (SSSR count). The zero-order chi connectivity index (χ0) is 30.4. The first-order valence-corrected chi connectivity index (χ1v) is 15.8. The van der Waals surface area contributed by atoms with Gasteiger partial charge in [-0.25, -0.2) is 0 Å². The molecule has 2 aromatic carbocycles. The summed E-state index contributed by atoms with van der Waals surface area (Å²) >= 11 is 0. The van der Waals surface area contributed by atoms with Gasteiger partial charge in [-0.15, -0.1) is 0 Å². The van der Waals surface area contributed by atoms with Gasteiger partial charge in [0.05, 0.1) is 17.6 Å². The van der Waals surface area contributed by atoms with Crippen molar-refractivity contribution in [2.24, 2.45) is 16.7 Å². The Kier molecular flexibility index (Phi) is 7.98. The van der Waals surface area contributed by atoms with Crippen molar-refractivity contribution in [2.75, 3.05) is 4.90 Å². The molecule has 0 unspecified atom stereocenters. The average Bonchev–Trinajstić information content (AvgIpc) is 3.29. The molecule has 0 bridgehead atoms. The Balaban J connectivity index is 1.40. The van der Waals surface area contributed by atoms with E-state index in [1.165, 1.54) is 18.4 Å². The highest BCUT2D eigenvalue weighted by Crippen LogP contribution is 2.66. The summed E-state index contributed by atoms with van der Waals surface area (Å²) in [4.78, 5) is 29.8. The first-order chi connectivity index (χ1) is 19.7. The molecular formula is C37H50N2O3. The molecule has 1 N–H and O–H groups in total. The third-order valence-electron chi connectivity index (χ3n) is 11.1. The minimum atomic E-state index is -1.11. The number of hydrogen-bond donors (Lipinski definition) is 1. The Morgan fingerprint density at radius 1 is 0.929 bits per heavy atom. The summed E-state index contributed by atoms with van der Waals surface area (Å²) < 4.78 is 7.27. The molecule has 0 radical (unpaired) electrons. The van der Waals surface area contributed by atoms with E-state index in [1.54, 1.807) is 4.90 Å². The van der Waals surface area contributed by atoms with E-state index < -0.39 is 11.1 Å². The van der Waals surface area contributed by atoms with Gasteiger partial charge >= 0.3 is 0 Å². The lowest BCUT2D eigenvalue weighted by Crippen LogP contribution is -2.60. The Bertz CT molecular complexity index is 1330. The summed E-state index contributed by atoms with van der Waals surface area (Å²) in [5, 5.41) is 3.07. The topological polar surface area (TPSA) is 58.6 Å². The van der Waals surface area contributed by atoms with E-state index in [9.17, 15) is 9.59 Å². The van der Waals surface area contributed by atoms with Gasteiger partial charge in [-0.05, 0) is 94.4 Å². The van der Waals surface area contributed by atoms with Crippen molar-refractivity contribution in [1.82, 2.24) is 5.32 Å².